The molecule has 4 fully saturated rings. The van der Waals surface area contributed by atoms with Gasteiger partial charge < -0.3 is 19.1 Å². The molecular formula is C23H28N2O8S. The van der Waals surface area contributed by atoms with E-state index in [9.17, 15) is 4.79 Å². The molecule has 11 heteroatoms. The minimum absolute atomic E-state index is 0.0242. The molecule has 6 atom stereocenters. The molecule has 3 saturated heterocycles. The molecule has 1 amide bonds. The van der Waals surface area contributed by atoms with E-state index in [1.54, 1.807) is 19.8 Å². The van der Waals surface area contributed by atoms with Crippen LogP contribution in [-0.2, 0) is 25.3 Å². The van der Waals surface area contributed by atoms with Crippen LogP contribution in [-0.4, -0.2) is 80.4 Å². The van der Waals surface area contributed by atoms with Crippen molar-refractivity contribution in [2.45, 2.75) is 42.9 Å². The van der Waals surface area contributed by atoms with Gasteiger partial charge in [0.1, 0.15) is 0 Å². The van der Waals surface area contributed by atoms with E-state index in [0.29, 0.717) is 36.7 Å². The van der Waals surface area contributed by atoms with Crippen LogP contribution in [0.4, 0.5) is 5.69 Å². The monoisotopic (exact) mass is 492 g/mol. The van der Waals surface area contributed by atoms with Gasteiger partial charge in [0.05, 0.1) is 45.1 Å². The van der Waals surface area contributed by atoms with Crippen LogP contribution in [0, 0.1) is 11.8 Å². The van der Waals surface area contributed by atoms with Crippen molar-refractivity contribution in [1.82, 2.24) is 4.90 Å². The van der Waals surface area contributed by atoms with Crippen LogP contribution >= 0.6 is 0 Å². The zero-order valence-electron chi connectivity index (χ0n) is 19.0. The predicted octanol–water partition coefficient (Wildman–Crippen LogP) is 1.46. The molecule has 2 N–H and O–H groups in total. The number of amides is 1. The maximum atomic E-state index is 13.5. The number of ether oxygens (including phenoxy) is 3. The standard InChI is InChI=1S/C23H26N2O4.H2O4S/c1-27-16-8-14-15(9-17(16)28-2)25-20(26)10-18-21-13-7-19-23(14,22(21)25)4-5-24(19)11-12(13)3-6-29-18;1-5(2,3)4/h3,8-9,13,18-19,21-22H,4-7,10-11H2,1-2H3;(H2,1,2,3,4). The Labute approximate surface area is 198 Å². The Bertz CT molecular complexity index is 1190. The van der Waals surface area contributed by atoms with Gasteiger partial charge in [-0.3, -0.25) is 18.8 Å². The molecule has 0 radical (unpaired) electrons. The SMILES string of the molecule is COc1cc2c(cc1OC)C13CCN4CC5=CCOC6CC(=O)N2C1C6C5CC43.O=S(=O)(O)O. The summed E-state index contributed by atoms with van der Waals surface area (Å²) in [6.45, 7) is 2.80. The fourth-order valence-corrected chi connectivity index (χ4v) is 7.87. The number of rotatable bonds is 2. The number of hydrogen-bond acceptors (Lipinski definition) is 7. The lowest BCUT2D eigenvalue weighted by atomic mass is 9.53. The molecule has 6 aliphatic rings. The van der Waals surface area contributed by atoms with Crippen LogP contribution in [0.1, 0.15) is 24.8 Å². The number of methoxy groups -OCH3 is 2. The number of carbonyl (C=O) groups excluding carboxylic acids is 1. The molecule has 1 aromatic rings. The van der Waals surface area contributed by atoms with Gasteiger partial charge in [0, 0.05) is 30.0 Å². The molecule has 0 aromatic heterocycles. The normalized spacial score (nSPS) is 36.7. The highest BCUT2D eigenvalue weighted by Crippen LogP contribution is 2.66. The Kier molecular flexibility index (Phi) is 4.86. The zero-order chi connectivity index (χ0) is 24.0. The fraction of sp³-hybridized carbons (Fsp3) is 0.609. The van der Waals surface area contributed by atoms with Gasteiger partial charge in [-0.2, -0.15) is 8.42 Å². The molecule has 1 aromatic carbocycles. The molecule has 34 heavy (non-hydrogen) atoms. The lowest BCUT2D eigenvalue weighted by Crippen LogP contribution is -2.69. The predicted molar refractivity (Wildman–Crippen MR) is 121 cm³/mol. The number of hydrogen-bond donors (Lipinski definition) is 2. The Morgan fingerprint density at radius 2 is 1.88 bits per heavy atom. The van der Waals surface area contributed by atoms with Crippen LogP contribution in [0.5, 0.6) is 11.5 Å². The summed E-state index contributed by atoms with van der Waals surface area (Å²) >= 11 is 0. The van der Waals surface area contributed by atoms with Gasteiger partial charge in [0.2, 0.25) is 5.91 Å². The first-order chi connectivity index (χ1) is 16.2. The number of carbonyl (C=O) groups is 1. The number of benzene rings is 1. The highest BCUT2D eigenvalue weighted by molar-refractivity contribution is 7.79. The van der Waals surface area contributed by atoms with Crippen molar-refractivity contribution in [3.63, 3.8) is 0 Å². The van der Waals surface area contributed by atoms with Crippen LogP contribution in [0.3, 0.4) is 0 Å². The van der Waals surface area contributed by atoms with Crippen LogP contribution in [0.25, 0.3) is 0 Å². The van der Waals surface area contributed by atoms with Crippen LogP contribution < -0.4 is 14.4 Å². The molecule has 1 aliphatic carbocycles. The summed E-state index contributed by atoms with van der Waals surface area (Å²) in [5.74, 6) is 2.57. The first kappa shape index (κ1) is 22.3. The van der Waals surface area contributed by atoms with Gasteiger partial charge in [-0.1, -0.05) is 11.6 Å². The third-order valence-corrected chi connectivity index (χ3v) is 8.81. The van der Waals surface area contributed by atoms with Crippen molar-refractivity contribution in [3.8, 4) is 11.5 Å². The Hall–Kier alpha value is -2.18. The lowest BCUT2D eigenvalue weighted by Gasteiger charge is -2.58. The average Bonchev–Trinajstić information content (AvgIpc) is 3.24. The van der Waals surface area contributed by atoms with E-state index >= 15 is 0 Å². The fourth-order valence-electron chi connectivity index (χ4n) is 7.87. The molecule has 1 saturated carbocycles. The molecule has 10 nitrogen and oxygen atoms in total. The van der Waals surface area contributed by atoms with E-state index < -0.39 is 10.4 Å². The summed E-state index contributed by atoms with van der Waals surface area (Å²) in [7, 11) is -1.31. The Balaban J connectivity index is 0.000000398. The van der Waals surface area contributed by atoms with Crippen molar-refractivity contribution < 1.29 is 36.5 Å². The summed E-state index contributed by atoms with van der Waals surface area (Å²) in [6, 6.07) is 4.87. The largest absolute Gasteiger partial charge is 0.493 e. The first-order valence-corrected chi connectivity index (χ1v) is 12.9. The summed E-state index contributed by atoms with van der Waals surface area (Å²) in [5, 5.41) is 0. The minimum atomic E-state index is -4.67. The van der Waals surface area contributed by atoms with E-state index in [2.05, 4.69) is 21.9 Å². The smallest absolute Gasteiger partial charge is 0.394 e. The van der Waals surface area contributed by atoms with Crippen molar-refractivity contribution in [2.24, 2.45) is 11.8 Å². The highest BCUT2D eigenvalue weighted by atomic mass is 32.3. The van der Waals surface area contributed by atoms with Crippen LogP contribution in [0.15, 0.2) is 23.8 Å². The first-order valence-electron chi connectivity index (χ1n) is 11.5. The summed E-state index contributed by atoms with van der Waals surface area (Å²) in [6.07, 6.45) is 5.11. The minimum Gasteiger partial charge on any atom is -0.493 e. The summed E-state index contributed by atoms with van der Waals surface area (Å²) in [5.41, 5.74) is 3.85. The van der Waals surface area contributed by atoms with Crippen LogP contribution in [0.2, 0.25) is 0 Å². The van der Waals surface area contributed by atoms with E-state index in [-0.39, 0.29) is 23.5 Å². The van der Waals surface area contributed by atoms with E-state index in [4.69, 9.17) is 31.7 Å². The maximum absolute atomic E-state index is 13.5. The van der Waals surface area contributed by atoms with Gasteiger partial charge in [-0.05, 0) is 36.9 Å². The molecule has 5 heterocycles. The molecule has 7 rings (SSSR count). The topological polar surface area (TPSA) is 126 Å². The second-order valence-corrected chi connectivity index (χ2v) is 10.8. The Morgan fingerprint density at radius 3 is 2.59 bits per heavy atom. The van der Waals surface area contributed by atoms with E-state index in [0.717, 1.165) is 30.9 Å². The van der Waals surface area contributed by atoms with Crippen molar-refractivity contribution >= 4 is 22.0 Å². The van der Waals surface area contributed by atoms with Gasteiger partial charge in [-0.15, -0.1) is 0 Å². The van der Waals surface area contributed by atoms with Gasteiger partial charge in [0.15, 0.2) is 11.5 Å². The number of anilines is 1. The average molecular weight is 493 g/mol. The number of piperidine rings is 2. The Morgan fingerprint density at radius 1 is 1.18 bits per heavy atom. The highest BCUT2D eigenvalue weighted by Gasteiger charge is 2.71. The third kappa shape index (κ3) is 2.94. The molecule has 5 aliphatic heterocycles. The zero-order valence-corrected chi connectivity index (χ0v) is 19.8. The molecular weight excluding hydrogens is 464 g/mol. The van der Waals surface area contributed by atoms with E-state index in [1.165, 1.54) is 12.0 Å². The van der Waals surface area contributed by atoms with Gasteiger partial charge >= 0.3 is 10.4 Å². The summed E-state index contributed by atoms with van der Waals surface area (Å²) in [4.78, 5) is 18.3. The van der Waals surface area contributed by atoms with Gasteiger partial charge in [0.25, 0.3) is 0 Å². The molecule has 184 valence electrons. The van der Waals surface area contributed by atoms with Gasteiger partial charge in [-0.25, -0.2) is 0 Å². The van der Waals surface area contributed by atoms with E-state index in [1.807, 2.05) is 6.07 Å². The van der Waals surface area contributed by atoms with Crippen molar-refractivity contribution in [2.75, 3.05) is 38.8 Å². The maximum Gasteiger partial charge on any atom is 0.394 e. The van der Waals surface area contributed by atoms with Crippen molar-refractivity contribution in [3.05, 3.63) is 29.3 Å². The third-order valence-electron chi connectivity index (χ3n) is 8.81. The molecule has 1 spiro atoms. The second kappa shape index (κ2) is 7.41. The van der Waals surface area contributed by atoms with Crippen molar-refractivity contribution in [1.29, 1.82) is 0 Å². The molecule has 2 bridgehead atoms. The lowest BCUT2D eigenvalue weighted by molar-refractivity contribution is -0.132. The second-order valence-electron chi connectivity index (χ2n) is 9.93. The summed E-state index contributed by atoms with van der Waals surface area (Å²) < 4.78 is 49.2. The quantitative estimate of drug-likeness (QED) is 0.466. The number of nitrogens with zero attached hydrogens (tertiary/aromatic N) is 2. The number of fused-ring (bicyclic) bond motifs is 2. The molecule has 6 unspecified atom stereocenters.